The topological polar surface area (TPSA) is 25.8 Å². The molecule has 0 saturated heterocycles. The zero-order valence-electron chi connectivity index (χ0n) is 25.6. The van der Waals surface area contributed by atoms with Gasteiger partial charge in [0.15, 0.2) is 5.82 Å². The minimum Gasteiger partial charge on any atom is -0.231 e. The SMILES string of the molecule is c1ccc(-c2nc(-c3ccc(-c4ccc5ccccc5c4)cc3)c3c(n2)C2(c4ccccc4-c4ccccc42)c2ccccc2-3)cc1. The number of hydrogen-bond donors (Lipinski definition) is 0. The molecule has 218 valence electrons. The normalized spacial score (nSPS) is 13.3. The van der Waals surface area contributed by atoms with Crippen molar-refractivity contribution in [3.8, 4) is 56.0 Å². The highest BCUT2D eigenvalue weighted by Crippen LogP contribution is 2.63. The lowest BCUT2D eigenvalue weighted by Gasteiger charge is -2.29. The molecule has 1 heterocycles. The molecule has 2 aliphatic rings. The molecule has 0 amide bonds. The van der Waals surface area contributed by atoms with Gasteiger partial charge in [0.2, 0.25) is 0 Å². The number of nitrogens with zero attached hydrogens (tertiary/aromatic N) is 2. The maximum absolute atomic E-state index is 5.54. The number of aromatic nitrogens is 2. The third-order valence-corrected chi connectivity index (χ3v) is 10.1. The summed E-state index contributed by atoms with van der Waals surface area (Å²) in [6.45, 7) is 0. The Morgan fingerprint density at radius 2 is 0.894 bits per heavy atom. The summed E-state index contributed by atoms with van der Waals surface area (Å²) in [6.07, 6.45) is 0. The zero-order chi connectivity index (χ0) is 31.0. The minimum atomic E-state index is -0.536. The Labute approximate surface area is 273 Å². The van der Waals surface area contributed by atoms with Crippen LogP contribution < -0.4 is 0 Å². The van der Waals surface area contributed by atoms with Crippen LogP contribution in [0.1, 0.15) is 22.4 Å². The standard InChI is InChI=1S/C45H28N2/c1-2-13-32(14-3-1)44-46-42(31-25-22-30(23-26-31)34-27-24-29-12-4-5-15-33(29)28-34)41-37-18-8-11-21-40(37)45(43(41)47-44)38-19-9-6-16-35(38)36-17-7-10-20-39(36)45/h1-28H. The van der Waals surface area contributed by atoms with Gasteiger partial charge in [-0.2, -0.15) is 0 Å². The Bertz CT molecular complexity index is 2470. The van der Waals surface area contributed by atoms with Crippen molar-refractivity contribution < 1.29 is 0 Å². The van der Waals surface area contributed by atoms with Crippen LogP contribution in [0.5, 0.6) is 0 Å². The molecule has 0 saturated carbocycles. The van der Waals surface area contributed by atoms with Crippen molar-refractivity contribution >= 4 is 10.8 Å². The van der Waals surface area contributed by atoms with Gasteiger partial charge in [-0.25, -0.2) is 9.97 Å². The molecule has 10 rings (SSSR count). The Morgan fingerprint density at radius 3 is 1.60 bits per heavy atom. The second kappa shape index (κ2) is 9.94. The monoisotopic (exact) mass is 596 g/mol. The molecular formula is C45H28N2. The minimum absolute atomic E-state index is 0.536. The second-order valence-corrected chi connectivity index (χ2v) is 12.5. The predicted octanol–water partition coefficient (Wildman–Crippen LogP) is 11.0. The first-order valence-corrected chi connectivity index (χ1v) is 16.2. The van der Waals surface area contributed by atoms with Crippen molar-refractivity contribution in [3.63, 3.8) is 0 Å². The third-order valence-electron chi connectivity index (χ3n) is 10.1. The maximum Gasteiger partial charge on any atom is 0.160 e. The molecule has 0 unspecified atom stereocenters. The summed E-state index contributed by atoms with van der Waals surface area (Å²) in [7, 11) is 0. The summed E-state index contributed by atoms with van der Waals surface area (Å²) in [5.74, 6) is 0.743. The molecule has 0 radical (unpaired) electrons. The van der Waals surface area contributed by atoms with Crippen molar-refractivity contribution in [1.29, 1.82) is 0 Å². The quantitative estimate of drug-likeness (QED) is 0.203. The van der Waals surface area contributed by atoms with Gasteiger partial charge >= 0.3 is 0 Å². The van der Waals surface area contributed by atoms with E-state index < -0.39 is 5.41 Å². The van der Waals surface area contributed by atoms with Crippen LogP contribution in [0.25, 0.3) is 66.8 Å². The molecule has 0 bridgehead atoms. The van der Waals surface area contributed by atoms with E-state index in [1.54, 1.807) is 0 Å². The van der Waals surface area contributed by atoms with Gasteiger partial charge in [-0.05, 0) is 61.3 Å². The van der Waals surface area contributed by atoms with Gasteiger partial charge in [0.25, 0.3) is 0 Å². The van der Waals surface area contributed by atoms with E-state index in [0.717, 1.165) is 33.9 Å². The number of benzene rings is 7. The highest BCUT2D eigenvalue weighted by molar-refractivity contribution is 5.98. The van der Waals surface area contributed by atoms with Crippen molar-refractivity contribution in [1.82, 2.24) is 9.97 Å². The van der Waals surface area contributed by atoms with Crippen molar-refractivity contribution in [2.24, 2.45) is 0 Å². The van der Waals surface area contributed by atoms with Gasteiger partial charge in [-0.3, -0.25) is 0 Å². The predicted molar refractivity (Wildman–Crippen MR) is 192 cm³/mol. The maximum atomic E-state index is 5.54. The van der Waals surface area contributed by atoms with Crippen LogP contribution in [-0.4, -0.2) is 9.97 Å². The van der Waals surface area contributed by atoms with Crippen molar-refractivity contribution in [2.75, 3.05) is 0 Å². The molecule has 0 fully saturated rings. The van der Waals surface area contributed by atoms with E-state index in [-0.39, 0.29) is 0 Å². The highest BCUT2D eigenvalue weighted by Gasteiger charge is 2.53. The van der Waals surface area contributed by atoms with Gasteiger partial charge in [0.1, 0.15) is 0 Å². The van der Waals surface area contributed by atoms with Crippen molar-refractivity contribution in [3.05, 3.63) is 192 Å². The van der Waals surface area contributed by atoms with Crippen LogP contribution in [-0.2, 0) is 5.41 Å². The number of fused-ring (bicyclic) bond motifs is 11. The van der Waals surface area contributed by atoms with Gasteiger partial charge in [-0.15, -0.1) is 0 Å². The first-order chi connectivity index (χ1) is 23.3. The smallest absolute Gasteiger partial charge is 0.160 e. The lowest BCUT2D eigenvalue weighted by molar-refractivity contribution is 0.758. The molecule has 8 aromatic rings. The van der Waals surface area contributed by atoms with E-state index in [1.165, 1.54) is 55.3 Å². The molecule has 0 aliphatic heterocycles. The summed E-state index contributed by atoms with van der Waals surface area (Å²) in [4.78, 5) is 10.9. The molecular weight excluding hydrogens is 569 g/mol. The molecule has 2 nitrogen and oxygen atoms in total. The highest BCUT2D eigenvalue weighted by atomic mass is 14.9. The lowest BCUT2D eigenvalue weighted by atomic mass is 9.72. The lowest BCUT2D eigenvalue weighted by Crippen LogP contribution is -2.27. The van der Waals surface area contributed by atoms with Crippen LogP contribution in [0.2, 0.25) is 0 Å². The van der Waals surface area contributed by atoms with E-state index in [1.807, 2.05) is 6.07 Å². The van der Waals surface area contributed by atoms with E-state index in [4.69, 9.17) is 9.97 Å². The Balaban J connectivity index is 1.25. The van der Waals surface area contributed by atoms with Gasteiger partial charge in [-0.1, -0.05) is 164 Å². The first kappa shape index (κ1) is 26.1. The third kappa shape index (κ3) is 3.67. The van der Waals surface area contributed by atoms with Crippen molar-refractivity contribution in [2.45, 2.75) is 5.41 Å². The Hall–Kier alpha value is -6.12. The molecule has 47 heavy (non-hydrogen) atoms. The van der Waals surface area contributed by atoms with E-state index in [0.29, 0.717) is 0 Å². The molecule has 2 aliphatic carbocycles. The van der Waals surface area contributed by atoms with Gasteiger partial charge in [0, 0.05) is 16.7 Å². The van der Waals surface area contributed by atoms with Crippen LogP contribution in [0, 0.1) is 0 Å². The summed E-state index contributed by atoms with van der Waals surface area (Å²) in [5, 5.41) is 2.50. The van der Waals surface area contributed by atoms with Crippen LogP contribution >= 0.6 is 0 Å². The first-order valence-electron chi connectivity index (χ1n) is 16.2. The van der Waals surface area contributed by atoms with Crippen LogP contribution in [0.15, 0.2) is 170 Å². The second-order valence-electron chi connectivity index (χ2n) is 12.5. The van der Waals surface area contributed by atoms with Gasteiger partial charge in [0.05, 0.1) is 16.8 Å². The van der Waals surface area contributed by atoms with Crippen LogP contribution in [0.4, 0.5) is 0 Å². The van der Waals surface area contributed by atoms with Gasteiger partial charge < -0.3 is 0 Å². The number of rotatable bonds is 3. The summed E-state index contributed by atoms with van der Waals surface area (Å²) in [6, 6.07) is 61.1. The zero-order valence-corrected chi connectivity index (χ0v) is 25.6. The molecule has 0 N–H and O–H groups in total. The molecule has 1 spiro atoms. The average molecular weight is 597 g/mol. The molecule has 2 heteroatoms. The van der Waals surface area contributed by atoms with Crippen LogP contribution in [0.3, 0.4) is 0 Å². The van der Waals surface area contributed by atoms with E-state index in [9.17, 15) is 0 Å². The van der Waals surface area contributed by atoms with E-state index >= 15 is 0 Å². The largest absolute Gasteiger partial charge is 0.231 e. The molecule has 1 aromatic heterocycles. The molecule has 0 atom stereocenters. The summed E-state index contributed by atoms with van der Waals surface area (Å²) in [5.41, 5.74) is 14.6. The summed E-state index contributed by atoms with van der Waals surface area (Å²) >= 11 is 0. The average Bonchev–Trinajstić information content (AvgIpc) is 3.62. The Kier molecular flexibility index (Phi) is 5.53. The fourth-order valence-electron chi connectivity index (χ4n) is 8.04. The number of hydrogen-bond acceptors (Lipinski definition) is 2. The fraction of sp³-hybridized carbons (Fsp3) is 0.0222. The van der Waals surface area contributed by atoms with E-state index in [2.05, 4.69) is 164 Å². The fourth-order valence-corrected chi connectivity index (χ4v) is 8.04. The molecule has 7 aromatic carbocycles. The summed E-state index contributed by atoms with van der Waals surface area (Å²) < 4.78 is 0. The Morgan fingerprint density at radius 1 is 0.362 bits per heavy atom.